The van der Waals surface area contributed by atoms with E-state index in [2.05, 4.69) is 0 Å². The van der Waals surface area contributed by atoms with E-state index in [1.807, 2.05) is 19.1 Å². The van der Waals surface area contributed by atoms with Gasteiger partial charge < -0.3 is 10.8 Å². The molecule has 1 aromatic rings. The highest BCUT2D eigenvalue weighted by atomic mass is 32.2. The van der Waals surface area contributed by atoms with Crippen LogP contribution in [-0.2, 0) is 0 Å². The molecule has 0 aromatic heterocycles. The first-order valence-corrected chi connectivity index (χ1v) is 6.17. The Labute approximate surface area is 100 Å². The molecular weight excluding hydrogens is 222 g/mol. The third-order valence-corrected chi connectivity index (χ3v) is 3.57. The number of thioether (sulfide) groups is 1. The largest absolute Gasteiger partial charge is 0.398 e. The molecule has 0 saturated heterocycles. The van der Waals surface area contributed by atoms with Gasteiger partial charge in [0.1, 0.15) is 0 Å². The van der Waals surface area contributed by atoms with Crippen LogP contribution in [0.5, 0.6) is 0 Å². The molecule has 0 fully saturated rings. The number of carbonyl (C=O) groups excluding carboxylic acids is 1. The molecule has 0 amide bonds. The fourth-order valence-electron chi connectivity index (χ4n) is 1.24. The number of Topliss-reactive ketones (excluding diaryl/α,β-unsaturated/α-hetero) is 1. The van der Waals surface area contributed by atoms with Gasteiger partial charge in [-0.05, 0) is 31.0 Å². The quantitative estimate of drug-likeness (QED) is 0.469. The summed E-state index contributed by atoms with van der Waals surface area (Å²) in [7, 11) is 0. The van der Waals surface area contributed by atoms with Crippen molar-refractivity contribution in [3.05, 3.63) is 23.8 Å². The van der Waals surface area contributed by atoms with Crippen molar-refractivity contribution >= 4 is 23.2 Å². The Morgan fingerprint density at radius 2 is 2.25 bits per heavy atom. The molecule has 0 spiro atoms. The van der Waals surface area contributed by atoms with Gasteiger partial charge in [-0.3, -0.25) is 4.79 Å². The van der Waals surface area contributed by atoms with E-state index in [0.717, 1.165) is 10.6 Å². The summed E-state index contributed by atoms with van der Waals surface area (Å²) in [6.45, 7) is 3.68. The molecule has 0 radical (unpaired) electrons. The predicted molar refractivity (Wildman–Crippen MR) is 67.8 cm³/mol. The molecule has 0 aliphatic heterocycles. The van der Waals surface area contributed by atoms with E-state index in [1.165, 1.54) is 6.92 Å². The number of nitrogens with two attached hydrogens (primary N) is 1. The van der Waals surface area contributed by atoms with Crippen LogP contribution in [0.15, 0.2) is 23.1 Å². The van der Waals surface area contributed by atoms with Gasteiger partial charge in [0, 0.05) is 28.5 Å². The molecule has 1 aromatic carbocycles. The molecule has 16 heavy (non-hydrogen) atoms. The molecular formula is C12H17NO2S. The van der Waals surface area contributed by atoms with Gasteiger partial charge in [-0.15, -0.1) is 11.8 Å². The molecule has 4 heteroatoms. The molecule has 0 aliphatic rings. The molecule has 0 heterocycles. The van der Waals surface area contributed by atoms with Crippen LogP contribution in [0.25, 0.3) is 0 Å². The van der Waals surface area contributed by atoms with Gasteiger partial charge in [0.25, 0.3) is 0 Å². The van der Waals surface area contributed by atoms with Crippen LogP contribution in [0, 0.1) is 5.92 Å². The third kappa shape index (κ3) is 3.54. The van der Waals surface area contributed by atoms with Crippen molar-refractivity contribution in [2.75, 3.05) is 18.1 Å². The minimum Gasteiger partial charge on any atom is -0.398 e. The summed E-state index contributed by atoms with van der Waals surface area (Å²) in [5.41, 5.74) is 6.87. The summed E-state index contributed by atoms with van der Waals surface area (Å²) in [5, 5.41) is 8.90. The van der Waals surface area contributed by atoms with Gasteiger partial charge in [-0.2, -0.15) is 0 Å². The molecule has 3 nitrogen and oxygen atoms in total. The van der Waals surface area contributed by atoms with E-state index in [0.29, 0.717) is 11.3 Å². The number of aliphatic hydroxyl groups is 1. The molecule has 3 N–H and O–H groups in total. The van der Waals surface area contributed by atoms with Crippen LogP contribution < -0.4 is 5.73 Å². The van der Waals surface area contributed by atoms with E-state index in [-0.39, 0.29) is 18.3 Å². The highest BCUT2D eigenvalue weighted by molar-refractivity contribution is 7.99. The van der Waals surface area contributed by atoms with Gasteiger partial charge in [-0.1, -0.05) is 6.92 Å². The van der Waals surface area contributed by atoms with Crippen LogP contribution in [-0.4, -0.2) is 23.2 Å². The number of hydrogen-bond acceptors (Lipinski definition) is 4. The van der Waals surface area contributed by atoms with E-state index < -0.39 is 0 Å². The van der Waals surface area contributed by atoms with Crippen molar-refractivity contribution in [1.29, 1.82) is 0 Å². The Morgan fingerprint density at radius 1 is 1.56 bits per heavy atom. The van der Waals surface area contributed by atoms with Gasteiger partial charge in [0.05, 0.1) is 0 Å². The predicted octanol–water partition coefficient (Wildman–Crippen LogP) is 2.19. The lowest BCUT2D eigenvalue weighted by Crippen LogP contribution is -2.03. The van der Waals surface area contributed by atoms with Gasteiger partial charge >= 0.3 is 0 Å². The fourth-order valence-corrected chi connectivity index (χ4v) is 2.20. The summed E-state index contributed by atoms with van der Waals surface area (Å²) in [6.07, 6.45) is 0. The number of rotatable bonds is 5. The molecule has 1 rings (SSSR count). The van der Waals surface area contributed by atoms with Crippen LogP contribution in [0.4, 0.5) is 5.69 Å². The summed E-state index contributed by atoms with van der Waals surface area (Å²) in [6, 6.07) is 5.46. The van der Waals surface area contributed by atoms with Crippen LogP contribution in [0.3, 0.4) is 0 Å². The smallest absolute Gasteiger partial charge is 0.161 e. The van der Waals surface area contributed by atoms with Crippen molar-refractivity contribution in [1.82, 2.24) is 0 Å². The zero-order valence-electron chi connectivity index (χ0n) is 9.56. The number of carbonyl (C=O) groups is 1. The topological polar surface area (TPSA) is 63.3 Å². The minimum atomic E-state index is -0.0159. The maximum Gasteiger partial charge on any atom is 0.161 e. The third-order valence-electron chi connectivity index (χ3n) is 2.25. The first kappa shape index (κ1) is 13.1. The first-order valence-electron chi connectivity index (χ1n) is 5.18. The Hall–Kier alpha value is -1.00. The average Bonchev–Trinajstić information content (AvgIpc) is 2.25. The molecule has 0 aliphatic carbocycles. The second-order valence-corrected chi connectivity index (χ2v) is 5.00. The Kier molecular flexibility index (Phi) is 4.83. The summed E-state index contributed by atoms with van der Waals surface area (Å²) < 4.78 is 0. The summed E-state index contributed by atoms with van der Waals surface area (Å²) in [5.74, 6) is 1.09. The standard InChI is InChI=1S/C12H17NO2S/c1-8(6-14)7-16-10-3-4-11(9(2)15)12(13)5-10/h3-5,8,14H,6-7,13H2,1-2H3. The Balaban J connectivity index is 2.70. The Morgan fingerprint density at radius 3 is 2.75 bits per heavy atom. The normalized spacial score (nSPS) is 12.4. The van der Waals surface area contributed by atoms with Gasteiger partial charge in [-0.25, -0.2) is 0 Å². The second-order valence-electron chi connectivity index (χ2n) is 3.90. The number of nitrogen functional groups attached to an aromatic ring is 1. The van der Waals surface area contributed by atoms with Crippen molar-refractivity contribution in [3.8, 4) is 0 Å². The minimum absolute atomic E-state index is 0.0159. The number of aliphatic hydroxyl groups excluding tert-OH is 1. The monoisotopic (exact) mass is 239 g/mol. The van der Waals surface area contributed by atoms with E-state index in [1.54, 1.807) is 17.8 Å². The molecule has 0 bridgehead atoms. The number of ketones is 1. The van der Waals surface area contributed by atoms with E-state index in [4.69, 9.17) is 10.8 Å². The van der Waals surface area contributed by atoms with E-state index in [9.17, 15) is 4.79 Å². The summed E-state index contributed by atoms with van der Waals surface area (Å²) in [4.78, 5) is 12.2. The van der Waals surface area contributed by atoms with Crippen molar-refractivity contribution < 1.29 is 9.90 Å². The van der Waals surface area contributed by atoms with Crippen LogP contribution in [0.2, 0.25) is 0 Å². The number of benzene rings is 1. The first-order chi connectivity index (χ1) is 7.54. The maximum absolute atomic E-state index is 11.2. The highest BCUT2D eigenvalue weighted by Crippen LogP contribution is 2.25. The van der Waals surface area contributed by atoms with Gasteiger partial charge in [0.15, 0.2) is 5.78 Å². The average molecular weight is 239 g/mol. The van der Waals surface area contributed by atoms with Gasteiger partial charge in [0.2, 0.25) is 0 Å². The fraction of sp³-hybridized carbons (Fsp3) is 0.417. The lowest BCUT2D eigenvalue weighted by molar-refractivity contribution is 0.101. The van der Waals surface area contributed by atoms with Crippen LogP contribution >= 0.6 is 11.8 Å². The molecule has 1 atom stereocenters. The van der Waals surface area contributed by atoms with Crippen LogP contribution in [0.1, 0.15) is 24.2 Å². The van der Waals surface area contributed by atoms with Crippen molar-refractivity contribution in [3.63, 3.8) is 0 Å². The zero-order chi connectivity index (χ0) is 12.1. The Bertz CT molecular complexity index is 379. The zero-order valence-corrected chi connectivity index (χ0v) is 10.4. The second kappa shape index (κ2) is 5.92. The molecule has 0 saturated carbocycles. The molecule has 88 valence electrons. The van der Waals surface area contributed by atoms with Crippen molar-refractivity contribution in [2.24, 2.45) is 5.92 Å². The number of anilines is 1. The van der Waals surface area contributed by atoms with Crippen molar-refractivity contribution in [2.45, 2.75) is 18.7 Å². The maximum atomic E-state index is 11.2. The van der Waals surface area contributed by atoms with E-state index >= 15 is 0 Å². The SMILES string of the molecule is CC(=O)c1ccc(SCC(C)CO)cc1N. The summed E-state index contributed by atoms with van der Waals surface area (Å²) >= 11 is 1.64. The lowest BCUT2D eigenvalue weighted by Gasteiger charge is -2.08. The highest BCUT2D eigenvalue weighted by Gasteiger charge is 2.06. The number of hydrogen-bond donors (Lipinski definition) is 2. The molecule has 1 unspecified atom stereocenters. The lowest BCUT2D eigenvalue weighted by atomic mass is 10.1.